The number of aliphatic carboxylic acids is 1. The summed E-state index contributed by atoms with van der Waals surface area (Å²) in [5, 5.41) is 25.5. The number of carbonyl (C=O) groups excluding carboxylic acids is 2. The number of aliphatic hydroxyl groups excluding tert-OH is 1. The highest BCUT2D eigenvalue weighted by Gasteiger charge is 2.71. The van der Waals surface area contributed by atoms with Crippen LogP contribution in [-0.4, -0.2) is 76.7 Å². The zero-order valence-electron chi connectivity index (χ0n) is 35.6. The number of allylic oxidation sites excluding steroid dienone is 1. The molecule has 306 valence electrons. The number of pyridine rings is 1. The minimum atomic E-state index is -1.17. The van der Waals surface area contributed by atoms with Crippen LogP contribution in [0.5, 0.6) is 0 Å². The Kier molecular flexibility index (Phi) is 11.4. The van der Waals surface area contributed by atoms with E-state index in [0.29, 0.717) is 31.3 Å². The average molecular weight is 762 g/mol. The highest BCUT2D eigenvalue weighted by atomic mass is 16.5. The van der Waals surface area contributed by atoms with Gasteiger partial charge in [0.1, 0.15) is 6.10 Å². The van der Waals surface area contributed by atoms with Crippen molar-refractivity contribution in [1.29, 1.82) is 0 Å². The van der Waals surface area contributed by atoms with Gasteiger partial charge in [-0.1, -0.05) is 60.1 Å². The Morgan fingerprint density at radius 3 is 2.36 bits per heavy atom. The van der Waals surface area contributed by atoms with Crippen LogP contribution in [0.15, 0.2) is 35.5 Å². The number of hydrogen-bond acceptors (Lipinski definition) is 8. The lowest BCUT2D eigenvalue weighted by atomic mass is 9.33. The average Bonchev–Trinajstić information content (AvgIpc) is 3.42. The summed E-state index contributed by atoms with van der Waals surface area (Å²) in [7, 11) is 1.96. The fourth-order valence-corrected chi connectivity index (χ4v) is 13.6. The van der Waals surface area contributed by atoms with Gasteiger partial charge in [0.25, 0.3) is 0 Å². The highest BCUT2D eigenvalue weighted by Crippen LogP contribution is 2.77. The third-order valence-electron chi connectivity index (χ3n) is 16.7. The molecule has 4 saturated carbocycles. The number of fused-ring (bicyclic) bond motifs is 7. The van der Waals surface area contributed by atoms with Crippen molar-refractivity contribution >= 4 is 17.7 Å². The summed E-state index contributed by atoms with van der Waals surface area (Å²) in [6, 6.07) is 5.99. The predicted molar refractivity (Wildman–Crippen MR) is 215 cm³/mol. The molecule has 0 spiro atoms. The smallest absolute Gasteiger partial charge is 0.309 e. The third kappa shape index (κ3) is 6.94. The number of nitrogens with one attached hydrogen (secondary N) is 1. The van der Waals surface area contributed by atoms with Gasteiger partial charge in [-0.25, -0.2) is 0 Å². The number of ether oxygens (including phenoxy) is 1. The molecule has 5 aliphatic carbocycles. The summed E-state index contributed by atoms with van der Waals surface area (Å²) < 4.78 is 6.19. The number of aliphatic hydroxyl groups is 1. The molecular weight excluding hydrogens is 691 g/mol. The molecule has 0 radical (unpaired) electrons. The van der Waals surface area contributed by atoms with Gasteiger partial charge in [0.05, 0.1) is 23.6 Å². The molecule has 0 aliphatic heterocycles. The second-order valence-corrected chi connectivity index (χ2v) is 20.7. The molecule has 1 heterocycles. The van der Waals surface area contributed by atoms with Crippen molar-refractivity contribution in [3.05, 3.63) is 41.2 Å². The van der Waals surface area contributed by atoms with E-state index in [1.807, 2.05) is 31.4 Å². The maximum atomic E-state index is 14.2. The van der Waals surface area contributed by atoms with Crippen LogP contribution in [-0.2, 0) is 25.7 Å². The quantitative estimate of drug-likeness (QED) is 0.172. The molecule has 9 nitrogen and oxygen atoms in total. The molecule has 1 aromatic rings. The topological polar surface area (TPSA) is 129 Å². The van der Waals surface area contributed by atoms with Crippen LogP contribution in [0.3, 0.4) is 0 Å². The Morgan fingerprint density at radius 1 is 1.00 bits per heavy atom. The number of carboxylic acids is 1. The van der Waals surface area contributed by atoms with Gasteiger partial charge in [0.2, 0.25) is 0 Å². The lowest BCUT2D eigenvalue weighted by Gasteiger charge is -2.72. The van der Waals surface area contributed by atoms with E-state index in [9.17, 15) is 24.6 Å². The molecule has 4 fully saturated rings. The molecule has 0 bridgehead atoms. The van der Waals surface area contributed by atoms with Gasteiger partial charge < -0.3 is 20.3 Å². The zero-order valence-corrected chi connectivity index (χ0v) is 35.6. The van der Waals surface area contributed by atoms with Crippen molar-refractivity contribution in [2.75, 3.05) is 26.7 Å². The summed E-state index contributed by atoms with van der Waals surface area (Å²) in [4.78, 5) is 46.1. The molecule has 9 atom stereocenters. The SMILES string of the molecule is CNCCN(Cc1ccccn1)C[C@H](O)[C@@]12CC[C@]3(C)[C@H](CC[C@@H]4[C@@]5(C)CC[C@H](OC(=O)CC(C)(C)C(=O)O)C(C)(C)[C@@H]5CC[C@]43C)C1=C(C(C)C)C(=O)C2. The molecule has 0 unspecified atom stereocenters. The standard InChI is InChI=1S/C46H71N3O6/c1-29(2)38-32(50)25-46(35(51)28-49(24-23-47-10)27-30-13-11-12-22-48-30)21-20-44(8)31(39(38)46)14-15-34-43(7)18-17-36(55-37(52)26-41(3,4)40(53)54)42(5,6)33(43)16-19-45(34,44)9/h11-13,22,29,31,33-36,47,51H,14-21,23-28H2,1-10H3,(H,53,54)/t31-,33+,34-,35+,36+,43+,44-,45-,46+/m1/s1. The summed E-state index contributed by atoms with van der Waals surface area (Å²) in [5.74, 6) is 0.0207. The second kappa shape index (κ2) is 15.0. The number of nitrogens with zero attached hydrogens (tertiary/aromatic N) is 2. The first-order valence-electron chi connectivity index (χ1n) is 21.3. The summed E-state index contributed by atoms with van der Waals surface area (Å²) in [5.41, 5.74) is 1.39. The number of hydrogen-bond donors (Lipinski definition) is 3. The minimum Gasteiger partial charge on any atom is -0.481 e. The molecule has 3 N–H and O–H groups in total. The van der Waals surface area contributed by atoms with E-state index in [1.165, 1.54) is 5.57 Å². The summed E-state index contributed by atoms with van der Waals surface area (Å²) in [6.45, 7) is 22.4. The van der Waals surface area contributed by atoms with Gasteiger partial charge in [0, 0.05) is 49.6 Å². The maximum absolute atomic E-state index is 14.2. The number of esters is 1. The van der Waals surface area contributed by atoms with Crippen molar-refractivity contribution in [3.8, 4) is 0 Å². The van der Waals surface area contributed by atoms with E-state index in [0.717, 1.165) is 75.7 Å². The lowest BCUT2D eigenvalue weighted by molar-refractivity contribution is -0.235. The Balaban J connectivity index is 1.28. The zero-order chi connectivity index (χ0) is 40.4. The van der Waals surface area contributed by atoms with Gasteiger partial charge >= 0.3 is 11.9 Å². The number of aromatic nitrogens is 1. The first-order chi connectivity index (χ1) is 25.7. The van der Waals surface area contributed by atoms with Crippen LogP contribution in [0.4, 0.5) is 0 Å². The Hall–Kier alpha value is -2.62. The van der Waals surface area contributed by atoms with E-state index in [2.05, 4.69) is 63.7 Å². The van der Waals surface area contributed by atoms with Crippen molar-refractivity contribution in [2.45, 2.75) is 145 Å². The molecule has 0 saturated heterocycles. The molecule has 55 heavy (non-hydrogen) atoms. The molecule has 9 heteroatoms. The largest absolute Gasteiger partial charge is 0.481 e. The molecular formula is C46H71N3O6. The molecule has 6 rings (SSSR count). The molecule has 5 aliphatic rings. The summed E-state index contributed by atoms with van der Waals surface area (Å²) in [6.07, 6.45) is 8.98. The Labute approximate surface area is 330 Å². The Bertz CT molecular complexity index is 1660. The normalized spacial score (nSPS) is 36.2. The first-order valence-corrected chi connectivity index (χ1v) is 21.3. The van der Waals surface area contributed by atoms with Crippen molar-refractivity contribution in [1.82, 2.24) is 15.2 Å². The van der Waals surface area contributed by atoms with Gasteiger partial charge in [-0.3, -0.25) is 24.3 Å². The van der Waals surface area contributed by atoms with Crippen molar-refractivity contribution < 1.29 is 29.3 Å². The van der Waals surface area contributed by atoms with E-state index in [-0.39, 0.29) is 51.8 Å². The van der Waals surface area contributed by atoms with Crippen molar-refractivity contribution in [3.63, 3.8) is 0 Å². The van der Waals surface area contributed by atoms with Crippen LogP contribution in [0.1, 0.15) is 132 Å². The monoisotopic (exact) mass is 762 g/mol. The molecule has 1 aromatic heterocycles. The molecule has 0 amide bonds. The Morgan fingerprint density at radius 2 is 1.73 bits per heavy atom. The van der Waals surface area contributed by atoms with Crippen LogP contribution in [0, 0.1) is 56.2 Å². The van der Waals surface area contributed by atoms with Gasteiger partial charge in [-0.15, -0.1) is 0 Å². The van der Waals surface area contributed by atoms with Gasteiger partial charge in [0.15, 0.2) is 5.78 Å². The molecule has 0 aromatic carbocycles. The van der Waals surface area contributed by atoms with Crippen molar-refractivity contribution in [2.24, 2.45) is 56.2 Å². The fourth-order valence-electron chi connectivity index (χ4n) is 13.6. The predicted octanol–water partition coefficient (Wildman–Crippen LogP) is 7.86. The lowest BCUT2D eigenvalue weighted by Crippen LogP contribution is -2.66. The number of likely N-dealkylation sites (N-methyl/N-ethyl adjacent to an activating group) is 1. The van der Waals surface area contributed by atoms with E-state index < -0.39 is 28.9 Å². The number of carboxylic acid groups (broad SMARTS) is 1. The minimum absolute atomic E-state index is 0.0249. The van der Waals surface area contributed by atoms with E-state index >= 15 is 0 Å². The van der Waals surface area contributed by atoms with Crippen LogP contribution in [0.25, 0.3) is 0 Å². The number of rotatable bonds is 13. The number of carbonyl (C=O) groups is 3. The third-order valence-corrected chi connectivity index (χ3v) is 16.7. The second-order valence-electron chi connectivity index (χ2n) is 20.7. The van der Waals surface area contributed by atoms with E-state index in [1.54, 1.807) is 13.8 Å². The van der Waals surface area contributed by atoms with E-state index in [4.69, 9.17) is 4.74 Å². The van der Waals surface area contributed by atoms with Gasteiger partial charge in [-0.2, -0.15) is 0 Å². The number of Topliss-reactive ketones (excluding diaryl/α,β-unsaturated/α-hetero) is 1. The maximum Gasteiger partial charge on any atom is 0.309 e. The highest BCUT2D eigenvalue weighted by molar-refractivity contribution is 6.00. The fraction of sp³-hybridized carbons (Fsp3) is 0.783. The first kappa shape index (κ1) is 42.0. The van der Waals surface area contributed by atoms with Crippen LogP contribution < -0.4 is 5.32 Å². The summed E-state index contributed by atoms with van der Waals surface area (Å²) >= 11 is 0. The number of ketones is 1. The van der Waals surface area contributed by atoms with Crippen LogP contribution in [0.2, 0.25) is 0 Å². The van der Waals surface area contributed by atoms with Crippen LogP contribution >= 0.6 is 0 Å². The van der Waals surface area contributed by atoms with Gasteiger partial charge in [-0.05, 0) is 130 Å².